The van der Waals surface area contributed by atoms with Crippen LogP contribution >= 0.6 is 0 Å². The molecular weight excluding hydrogens is 436 g/mol. The summed E-state index contributed by atoms with van der Waals surface area (Å²) < 4.78 is 52.9. The predicted molar refractivity (Wildman–Crippen MR) is 107 cm³/mol. The molecule has 7 N–H and O–H groups in total. The molecule has 1 aliphatic heterocycles. The fraction of sp³-hybridized carbons (Fsp3) is 0.533. The molecule has 0 spiro atoms. The molecule has 13 nitrogen and oxygen atoms in total. The molecule has 1 aromatic heterocycles. The first-order valence-corrected chi connectivity index (χ1v) is 12.2. The Bertz CT molecular complexity index is 1080. The van der Waals surface area contributed by atoms with Crippen molar-refractivity contribution in [1.29, 1.82) is 0 Å². The van der Waals surface area contributed by atoms with Crippen LogP contribution in [0.25, 0.3) is 11.4 Å². The second-order valence-corrected chi connectivity index (χ2v) is 10.1. The van der Waals surface area contributed by atoms with Gasteiger partial charge in [0.1, 0.15) is 9.79 Å². The van der Waals surface area contributed by atoms with Crippen LogP contribution in [0.5, 0.6) is 0 Å². The Balaban J connectivity index is 2.23. The molecule has 0 bridgehead atoms. The lowest BCUT2D eigenvalue weighted by atomic mass is 9.97. The van der Waals surface area contributed by atoms with Crippen molar-refractivity contribution in [3.8, 4) is 11.4 Å². The zero-order valence-corrected chi connectivity index (χ0v) is 17.7. The zero-order chi connectivity index (χ0) is 21.9. The lowest BCUT2D eigenvalue weighted by Gasteiger charge is -2.34. The van der Waals surface area contributed by atoms with Gasteiger partial charge in [-0.2, -0.15) is 0 Å². The summed E-state index contributed by atoms with van der Waals surface area (Å²) in [5, 5.41) is 28.1. The molecule has 1 aliphatic rings. The van der Waals surface area contributed by atoms with Crippen LogP contribution in [-0.4, -0.2) is 75.4 Å². The number of primary sulfonamides is 1. The van der Waals surface area contributed by atoms with E-state index in [1.165, 1.54) is 12.1 Å². The lowest BCUT2D eigenvalue weighted by Crippen LogP contribution is -2.36. The highest BCUT2D eigenvalue weighted by Gasteiger charge is 2.33. The van der Waals surface area contributed by atoms with E-state index in [-0.39, 0.29) is 37.0 Å². The van der Waals surface area contributed by atoms with Gasteiger partial charge < -0.3 is 15.7 Å². The predicted octanol–water partition coefficient (Wildman–Crippen LogP) is -2.04. The van der Waals surface area contributed by atoms with Crippen molar-refractivity contribution in [3.05, 3.63) is 12.1 Å². The third kappa shape index (κ3) is 4.60. The molecular formula is C15H24N8O5S2. The highest BCUT2D eigenvalue weighted by Crippen LogP contribution is 2.39. The van der Waals surface area contributed by atoms with Gasteiger partial charge in [0.15, 0.2) is 5.82 Å². The lowest BCUT2D eigenvalue weighted by molar-refractivity contribution is 0.203. The van der Waals surface area contributed by atoms with Crippen LogP contribution in [-0.2, 0) is 20.0 Å². The van der Waals surface area contributed by atoms with Crippen molar-refractivity contribution in [2.24, 2.45) is 16.8 Å². The SMILES string of the molecule is NCCNS(=O)(=O)c1ccc(N2CCC(CO)CC2)c(-c2nnn[nH]2)c1S(N)(=O)=O. The Hall–Kier alpha value is -2.17. The Morgan fingerprint density at radius 1 is 1.23 bits per heavy atom. The van der Waals surface area contributed by atoms with Gasteiger partial charge >= 0.3 is 0 Å². The number of rotatable bonds is 8. The number of tetrazole rings is 1. The number of hydrogen-bond donors (Lipinski definition) is 5. The summed E-state index contributed by atoms with van der Waals surface area (Å²) >= 11 is 0. The average Bonchev–Trinajstić information content (AvgIpc) is 3.25. The molecule has 0 amide bonds. The first-order chi connectivity index (χ1) is 14.2. The van der Waals surface area contributed by atoms with Gasteiger partial charge in [-0.15, -0.1) is 5.10 Å². The van der Waals surface area contributed by atoms with Crippen molar-refractivity contribution >= 4 is 25.7 Å². The van der Waals surface area contributed by atoms with E-state index >= 15 is 0 Å². The Kier molecular flexibility index (Phi) is 6.68. The van der Waals surface area contributed by atoms with Crippen molar-refractivity contribution in [2.45, 2.75) is 22.6 Å². The number of nitrogens with zero attached hydrogens (tertiary/aromatic N) is 4. The Morgan fingerprint density at radius 3 is 2.47 bits per heavy atom. The Labute approximate surface area is 173 Å². The topological polar surface area (TPSA) is 210 Å². The molecule has 1 aromatic carbocycles. The van der Waals surface area contributed by atoms with Crippen LogP contribution in [0, 0.1) is 5.92 Å². The number of aliphatic hydroxyl groups excluding tert-OH is 1. The largest absolute Gasteiger partial charge is 0.396 e. The maximum atomic E-state index is 12.8. The number of sulfonamides is 2. The summed E-state index contributed by atoms with van der Waals surface area (Å²) in [6, 6.07) is 2.70. The first-order valence-electron chi connectivity index (χ1n) is 9.18. The number of benzene rings is 1. The molecule has 2 aromatic rings. The molecule has 15 heteroatoms. The monoisotopic (exact) mass is 460 g/mol. The number of anilines is 1. The van der Waals surface area contributed by atoms with Crippen molar-refractivity contribution < 1.29 is 21.9 Å². The van der Waals surface area contributed by atoms with Gasteiger partial charge in [0.05, 0.1) is 5.56 Å². The van der Waals surface area contributed by atoms with Crippen molar-refractivity contribution in [3.63, 3.8) is 0 Å². The minimum atomic E-state index is -4.51. The summed E-state index contributed by atoms with van der Waals surface area (Å²) in [5.74, 6) is 0.114. The highest BCUT2D eigenvalue weighted by atomic mass is 32.2. The third-order valence-electron chi connectivity index (χ3n) is 4.91. The number of hydrogen-bond acceptors (Lipinski definition) is 10. The fourth-order valence-electron chi connectivity index (χ4n) is 3.43. The maximum absolute atomic E-state index is 12.8. The van der Waals surface area contributed by atoms with Crippen LogP contribution < -0.4 is 20.5 Å². The van der Waals surface area contributed by atoms with E-state index in [2.05, 4.69) is 25.3 Å². The third-order valence-corrected chi connectivity index (χ3v) is 7.53. The number of aliphatic hydroxyl groups is 1. The second-order valence-electron chi connectivity index (χ2n) is 6.88. The molecule has 166 valence electrons. The average molecular weight is 461 g/mol. The summed E-state index contributed by atoms with van der Waals surface area (Å²) in [6.07, 6.45) is 1.38. The van der Waals surface area contributed by atoms with Gasteiger partial charge in [-0.1, -0.05) is 0 Å². The van der Waals surface area contributed by atoms with E-state index in [1.54, 1.807) is 0 Å². The molecule has 0 saturated carbocycles. The molecule has 0 aliphatic carbocycles. The number of aromatic nitrogens is 4. The van der Waals surface area contributed by atoms with E-state index in [9.17, 15) is 21.9 Å². The highest BCUT2D eigenvalue weighted by molar-refractivity contribution is 7.92. The molecule has 1 saturated heterocycles. The van der Waals surface area contributed by atoms with E-state index in [4.69, 9.17) is 10.9 Å². The normalized spacial score (nSPS) is 16.2. The zero-order valence-electron chi connectivity index (χ0n) is 16.0. The molecule has 30 heavy (non-hydrogen) atoms. The van der Waals surface area contributed by atoms with Crippen molar-refractivity contribution in [1.82, 2.24) is 25.3 Å². The molecule has 1 fully saturated rings. The number of nitrogens with two attached hydrogens (primary N) is 2. The van der Waals surface area contributed by atoms with Crippen molar-refractivity contribution in [2.75, 3.05) is 37.7 Å². The van der Waals surface area contributed by atoms with Gasteiger partial charge in [-0.3, -0.25) is 0 Å². The standard InChI is InChI=1S/C15H24N8O5S2/c16-5-6-18-30(27,28)12-2-1-11(23-7-3-10(9-24)4-8-23)13(14(12)29(17,25)26)15-19-21-22-20-15/h1-2,10,18,24H,3-9,16H2,(H2,17,25,26)(H,19,20,21,22). The second kappa shape index (κ2) is 8.91. The number of piperidine rings is 1. The van der Waals surface area contributed by atoms with E-state index in [0.29, 0.717) is 31.6 Å². The quantitative estimate of drug-likeness (QED) is 0.291. The molecule has 0 atom stereocenters. The van der Waals surface area contributed by atoms with Crippen LogP contribution in [0.1, 0.15) is 12.8 Å². The smallest absolute Gasteiger partial charge is 0.241 e. The van der Waals surface area contributed by atoms with E-state index < -0.39 is 29.8 Å². The Morgan fingerprint density at radius 2 is 1.93 bits per heavy atom. The van der Waals surface area contributed by atoms with Crippen LogP contribution in [0.4, 0.5) is 5.69 Å². The van der Waals surface area contributed by atoms with Gasteiger partial charge in [-0.25, -0.2) is 31.8 Å². The summed E-state index contributed by atoms with van der Waals surface area (Å²) in [7, 11) is -8.74. The molecule has 0 unspecified atom stereocenters. The minimum Gasteiger partial charge on any atom is -0.396 e. The van der Waals surface area contributed by atoms with Gasteiger partial charge in [0.2, 0.25) is 20.0 Å². The number of H-pyrrole nitrogens is 1. The number of nitrogens with one attached hydrogen (secondary N) is 2. The van der Waals surface area contributed by atoms with Crippen LogP contribution in [0.2, 0.25) is 0 Å². The summed E-state index contributed by atoms with van der Waals surface area (Å²) in [5.41, 5.74) is 5.76. The first kappa shape index (κ1) is 22.5. The molecule has 0 radical (unpaired) electrons. The van der Waals surface area contributed by atoms with Gasteiger partial charge in [0.25, 0.3) is 0 Å². The van der Waals surface area contributed by atoms with Crippen LogP contribution in [0.3, 0.4) is 0 Å². The molecule has 3 rings (SSSR count). The minimum absolute atomic E-state index is 0.0272. The fourth-order valence-corrected chi connectivity index (χ4v) is 6.08. The summed E-state index contributed by atoms with van der Waals surface area (Å²) in [6.45, 7) is 1.07. The van der Waals surface area contributed by atoms with E-state index in [1.807, 2.05) is 4.90 Å². The van der Waals surface area contributed by atoms with Gasteiger partial charge in [0, 0.05) is 38.5 Å². The van der Waals surface area contributed by atoms with E-state index in [0.717, 1.165) is 0 Å². The maximum Gasteiger partial charge on any atom is 0.241 e. The van der Waals surface area contributed by atoms with Crippen LogP contribution in [0.15, 0.2) is 21.9 Å². The summed E-state index contributed by atoms with van der Waals surface area (Å²) in [4.78, 5) is 0.772. The van der Waals surface area contributed by atoms with Gasteiger partial charge in [-0.05, 0) is 41.3 Å². The molecule has 2 heterocycles. The number of aromatic amines is 1.